The van der Waals surface area contributed by atoms with Crippen LogP contribution in [0.4, 0.5) is 0 Å². The molecule has 1 aliphatic rings. The molecular weight excluding hydrogens is 394 g/mol. The molecule has 4 aromatic rings. The summed E-state index contributed by atoms with van der Waals surface area (Å²) in [6.07, 6.45) is 0. The van der Waals surface area contributed by atoms with E-state index in [9.17, 15) is 5.26 Å². The molecule has 3 heterocycles. The molecule has 3 N–H and O–H groups in total. The van der Waals surface area contributed by atoms with Gasteiger partial charge < -0.3 is 15.2 Å². The van der Waals surface area contributed by atoms with Crippen molar-refractivity contribution in [3.63, 3.8) is 0 Å². The Morgan fingerprint density at radius 1 is 1.29 bits per heavy atom. The fraction of sp³-hybridized carbons (Fsp3) is 0.182. The van der Waals surface area contributed by atoms with Crippen LogP contribution in [-0.4, -0.2) is 32.3 Å². The van der Waals surface area contributed by atoms with Crippen LogP contribution in [0.15, 0.2) is 53.9 Å². The number of rotatable bonds is 4. The van der Waals surface area contributed by atoms with E-state index in [0.717, 1.165) is 39.2 Å². The van der Waals surface area contributed by atoms with E-state index < -0.39 is 5.92 Å². The summed E-state index contributed by atoms with van der Waals surface area (Å²) in [5.41, 5.74) is 11.5. The molecule has 2 aromatic carbocycles. The number of fused-ring (bicyclic) bond motifs is 2. The molecule has 2 aromatic heterocycles. The zero-order valence-corrected chi connectivity index (χ0v) is 17.0. The molecule has 0 bridgehead atoms. The molecule has 1 aliphatic heterocycles. The lowest BCUT2D eigenvalue weighted by molar-refractivity contribution is 0.378. The number of aromatic nitrogens is 5. The first-order chi connectivity index (χ1) is 15.1. The molecule has 31 heavy (non-hydrogen) atoms. The largest absolute Gasteiger partial charge is 0.496 e. The lowest BCUT2D eigenvalue weighted by Crippen LogP contribution is -2.21. The average molecular weight is 413 g/mol. The molecule has 0 saturated carbocycles. The van der Waals surface area contributed by atoms with Crippen LogP contribution in [0.25, 0.3) is 11.0 Å². The smallest absolute Gasteiger partial charge is 0.244 e. The fourth-order valence-corrected chi connectivity index (χ4v) is 4.03. The van der Waals surface area contributed by atoms with E-state index in [-0.39, 0.29) is 5.88 Å². The quantitative estimate of drug-likeness (QED) is 0.526. The van der Waals surface area contributed by atoms with Crippen molar-refractivity contribution in [3.8, 4) is 17.7 Å². The standard InChI is InChI=1S/C22H19N7O2/c1-12-19-20(15(10-23)21(24)31-22(19)27-25-12)13-7-8-18(30-2)14(9-13)11-29-17-6-4-3-5-16(17)26-28-29/h3-9,20H,11,24H2,1-2H3,(H,25,27)/t20-/m0/s1. The number of hydrogen-bond acceptors (Lipinski definition) is 7. The number of aromatic amines is 1. The summed E-state index contributed by atoms with van der Waals surface area (Å²) < 4.78 is 13.0. The van der Waals surface area contributed by atoms with E-state index in [1.165, 1.54) is 0 Å². The van der Waals surface area contributed by atoms with Gasteiger partial charge in [0, 0.05) is 16.8 Å². The van der Waals surface area contributed by atoms with E-state index >= 15 is 0 Å². The zero-order valence-electron chi connectivity index (χ0n) is 17.0. The minimum atomic E-state index is -0.398. The van der Waals surface area contributed by atoms with Gasteiger partial charge in [0.25, 0.3) is 0 Å². The molecule has 5 rings (SSSR count). The van der Waals surface area contributed by atoms with Gasteiger partial charge in [-0.05, 0) is 36.8 Å². The summed E-state index contributed by atoms with van der Waals surface area (Å²) in [5, 5.41) is 25.4. The molecule has 1 atom stereocenters. The Balaban J connectivity index is 1.63. The van der Waals surface area contributed by atoms with Crippen molar-refractivity contribution < 1.29 is 9.47 Å². The number of ether oxygens (including phenoxy) is 2. The number of nitriles is 1. The van der Waals surface area contributed by atoms with Gasteiger partial charge in [0.2, 0.25) is 11.8 Å². The maximum Gasteiger partial charge on any atom is 0.244 e. The minimum Gasteiger partial charge on any atom is -0.496 e. The van der Waals surface area contributed by atoms with Gasteiger partial charge in [0.1, 0.15) is 22.9 Å². The number of para-hydroxylation sites is 1. The topological polar surface area (TPSA) is 128 Å². The van der Waals surface area contributed by atoms with Crippen molar-refractivity contribution in [2.45, 2.75) is 19.4 Å². The van der Waals surface area contributed by atoms with Gasteiger partial charge >= 0.3 is 0 Å². The summed E-state index contributed by atoms with van der Waals surface area (Å²) in [6.45, 7) is 2.35. The van der Waals surface area contributed by atoms with Crippen molar-refractivity contribution in [1.29, 1.82) is 5.26 Å². The molecule has 0 amide bonds. The average Bonchev–Trinajstić information content (AvgIpc) is 3.36. The van der Waals surface area contributed by atoms with Crippen LogP contribution in [0.3, 0.4) is 0 Å². The molecular formula is C22H19N7O2. The summed E-state index contributed by atoms with van der Waals surface area (Å²) >= 11 is 0. The number of nitrogens with two attached hydrogens (primary N) is 1. The molecule has 0 spiro atoms. The third-order valence-corrected chi connectivity index (χ3v) is 5.51. The molecule has 9 heteroatoms. The first-order valence-corrected chi connectivity index (χ1v) is 9.68. The van der Waals surface area contributed by atoms with Crippen LogP contribution in [-0.2, 0) is 6.54 Å². The van der Waals surface area contributed by atoms with Gasteiger partial charge in [-0.2, -0.15) is 5.26 Å². The second kappa shape index (κ2) is 7.18. The van der Waals surface area contributed by atoms with Crippen molar-refractivity contribution >= 4 is 11.0 Å². The lowest BCUT2D eigenvalue weighted by atomic mass is 9.83. The maximum atomic E-state index is 9.80. The van der Waals surface area contributed by atoms with Gasteiger partial charge in [0.05, 0.1) is 25.1 Å². The summed E-state index contributed by atoms with van der Waals surface area (Å²) in [5.74, 6) is 0.768. The second-order valence-electron chi connectivity index (χ2n) is 7.30. The number of nitrogens with one attached hydrogen (secondary N) is 1. The highest BCUT2D eigenvalue weighted by Crippen LogP contribution is 2.43. The van der Waals surface area contributed by atoms with Gasteiger partial charge in [-0.15, -0.1) is 10.2 Å². The third kappa shape index (κ3) is 2.97. The zero-order chi connectivity index (χ0) is 21.5. The van der Waals surface area contributed by atoms with Gasteiger partial charge in [-0.25, -0.2) is 4.68 Å². The van der Waals surface area contributed by atoms with E-state index in [1.807, 2.05) is 54.1 Å². The Hall–Kier alpha value is -4.32. The normalized spacial score (nSPS) is 15.5. The molecule has 0 aliphatic carbocycles. The SMILES string of the molecule is COc1ccc([C@H]2C(C#N)=C(N)Oc3n[nH]c(C)c32)cc1Cn1nnc2ccccc21. The molecule has 9 nitrogen and oxygen atoms in total. The predicted octanol–water partition coefficient (Wildman–Crippen LogP) is 2.74. The van der Waals surface area contributed by atoms with Gasteiger partial charge in [-0.1, -0.05) is 23.4 Å². The molecule has 0 radical (unpaired) electrons. The van der Waals surface area contributed by atoms with Crippen LogP contribution in [0.5, 0.6) is 11.6 Å². The van der Waals surface area contributed by atoms with Gasteiger partial charge in [0.15, 0.2) is 0 Å². The number of aryl methyl sites for hydroxylation is 1. The Bertz CT molecular complexity index is 1380. The van der Waals surface area contributed by atoms with Crippen molar-refractivity contribution in [3.05, 3.63) is 76.3 Å². The summed E-state index contributed by atoms with van der Waals surface area (Å²) in [4.78, 5) is 0. The number of hydrogen-bond donors (Lipinski definition) is 2. The summed E-state index contributed by atoms with van der Waals surface area (Å²) in [6, 6.07) is 15.8. The van der Waals surface area contributed by atoms with Gasteiger partial charge in [-0.3, -0.25) is 5.10 Å². The molecule has 0 saturated heterocycles. The van der Waals surface area contributed by atoms with Crippen molar-refractivity contribution in [2.75, 3.05) is 7.11 Å². The van der Waals surface area contributed by atoms with E-state index in [1.54, 1.807) is 7.11 Å². The monoisotopic (exact) mass is 413 g/mol. The minimum absolute atomic E-state index is 0.0612. The van der Waals surface area contributed by atoms with E-state index in [2.05, 4.69) is 26.6 Å². The highest BCUT2D eigenvalue weighted by Gasteiger charge is 2.34. The molecule has 0 unspecified atom stereocenters. The first-order valence-electron chi connectivity index (χ1n) is 9.68. The molecule has 0 fully saturated rings. The molecule has 154 valence electrons. The van der Waals surface area contributed by atoms with Crippen LogP contribution in [0.1, 0.15) is 28.3 Å². The highest BCUT2D eigenvalue weighted by atomic mass is 16.5. The first kappa shape index (κ1) is 18.7. The Labute approximate surface area is 177 Å². The third-order valence-electron chi connectivity index (χ3n) is 5.51. The Morgan fingerprint density at radius 3 is 2.94 bits per heavy atom. The Morgan fingerprint density at radius 2 is 2.13 bits per heavy atom. The second-order valence-corrected chi connectivity index (χ2v) is 7.30. The van der Waals surface area contributed by atoms with Crippen LogP contribution in [0.2, 0.25) is 0 Å². The number of H-pyrrole nitrogens is 1. The fourth-order valence-electron chi connectivity index (χ4n) is 4.03. The number of allylic oxidation sites excluding steroid dienone is 1. The lowest BCUT2D eigenvalue weighted by Gasteiger charge is -2.24. The predicted molar refractivity (Wildman–Crippen MR) is 112 cm³/mol. The Kier molecular flexibility index (Phi) is 4.33. The maximum absolute atomic E-state index is 9.80. The number of methoxy groups -OCH3 is 1. The van der Waals surface area contributed by atoms with Crippen molar-refractivity contribution in [2.24, 2.45) is 5.73 Å². The van der Waals surface area contributed by atoms with Crippen LogP contribution < -0.4 is 15.2 Å². The number of nitrogens with zero attached hydrogens (tertiary/aromatic N) is 5. The van der Waals surface area contributed by atoms with E-state index in [0.29, 0.717) is 18.0 Å². The van der Waals surface area contributed by atoms with Crippen molar-refractivity contribution in [1.82, 2.24) is 25.2 Å². The van der Waals surface area contributed by atoms with Crippen LogP contribution >= 0.6 is 0 Å². The highest BCUT2D eigenvalue weighted by molar-refractivity contribution is 5.74. The number of benzene rings is 2. The van der Waals surface area contributed by atoms with E-state index in [4.69, 9.17) is 15.2 Å². The van der Waals surface area contributed by atoms with Crippen LogP contribution in [0, 0.1) is 18.3 Å². The summed E-state index contributed by atoms with van der Waals surface area (Å²) in [7, 11) is 1.63.